The zero-order valence-corrected chi connectivity index (χ0v) is 31.1. The normalized spacial score (nSPS) is 19.5. The first-order valence-electron chi connectivity index (χ1n) is 18.2. The molecule has 0 spiro atoms. The molecule has 4 atom stereocenters. The highest BCUT2D eigenvalue weighted by Crippen LogP contribution is 2.35. The van der Waals surface area contributed by atoms with Crippen molar-refractivity contribution in [1.82, 2.24) is 29.4 Å². The first-order valence-corrected chi connectivity index (χ1v) is 18.6. The Morgan fingerprint density at radius 3 is 2.35 bits per heavy atom. The van der Waals surface area contributed by atoms with Crippen LogP contribution in [-0.2, 0) is 20.8 Å². The molecule has 55 heavy (non-hydrogen) atoms. The number of ketones is 1. The molecule has 0 aliphatic carbocycles. The third-order valence-electron chi connectivity index (χ3n) is 10.00. The average Bonchev–Trinajstić information content (AvgIpc) is 4.02. The van der Waals surface area contributed by atoms with Gasteiger partial charge in [-0.05, 0) is 74.7 Å². The first-order chi connectivity index (χ1) is 26.7. The lowest BCUT2D eigenvalue weighted by atomic mass is 10.1. The fourth-order valence-electron chi connectivity index (χ4n) is 7.06. The van der Waals surface area contributed by atoms with Crippen LogP contribution >= 0.6 is 11.6 Å². The largest absolute Gasteiger partial charge is 0.459 e. The third-order valence-corrected chi connectivity index (χ3v) is 10.2. The minimum absolute atomic E-state index is 0.0612. The molecular formula is C41H39ClN7O6+. The van der Waals surface area contributed by atoms with Crippen LogP contribution < -0.4 is 9.88 Å². The maximum atomic E-state index is 14.1. The molecule has 2 aliphatic heterocycles. The summed E-state index contributed by atoms with van der Waals surface area (Å²) in [5, 5.41) is 3.27. The van der Waals surface area contributed by atoms with Gasteiger partial charge in [-0.25, -0.2) is 19.1 Å². The molecule has 3 aromatic carbocycles. The highest BCUT2D eigenvalue weighted by molar-refractivity contribution is 6.28. The number of ether oxygens (including phenoxy) is 3. The van der Waals surface area contributed by atoms with Crippen LogP contribution in [0.5, 0.6) is 0 Å². The van der Waals surface area contributed by atoms with Crippen molar-refractivity contribution in [3.8, 4) is 5.82 Å². The second kappa shape index (κ2) is 15.5. The number of nitrogens with zero attached hydrogens (tertiary/aromatic N) is 6. The third kappa shape index (κ3) is 7.63. The number of aryl methyl sites for hydroxylation is 2. The van der Waals surface area contributed by atoms with E-state index in [0.29, 0.717) is 40.5 Å². The topological polar surface area (TPSA) is 143 Å². The van der Waals surface area contributed by atoms with Gasteiger partial charge in [0.1, 0.15) is 44.0 Å². The van der Waals surface area contributed by atoms with Crippen molar-refractivity contribution in [3.05, 3.63) is 137 Å². The minimum Gasteiger partial charge on any atom is -0.459 e. The van der Waals surface area contributed by atoms with Crippen molar-refractivity contribution in [2.45, 2.75) is 64.1 Å². The Kier molecular flexibility index (Phi) is 10.2. The van der Waals surface area contributed by atoms with E-state index in [-0.39, 0.29) is 30.1 Å². The number of hydrogen-bond donors (Lipinski definition) is 1. The zero-order valence-electron chi connectivity index (χ0n) is 30.3. The molecule has 8 rings (SSSR count). The first kappa shape index (κ1) is 36.2. The van der Waals surface area contributed by atoms with E-state index in [0.717, 1.165) is 36.1 Å². The summed E-state index contributed by atoms with van der Waals surface area (Å²) in [6, 6.07) is 23.7. The van der Waals surface area contributed by atoms with Gasteiger partial charge in [0, 0.05) is 6.42 Å². The van der Waals surface area contributed by atoms with Crippen molar-refractivity contribution in [1.29, 1.82) is 0 Å². The highest BCUT2D eigenvalue weighted by atomic mass is 35.5. The van der Waals surface area contributed by atoms with E-state index >= 15 is 0 Å². The Labute approximate surface area is 321 Å². The Hall–Kier alpha value is -5.76. The molecular weight excluding hydrogens is 722 g/mol. The number of carbonyl (C=O) groups excluding carboxylic acids is 3. The molecule has 3 aromatic heterocycles. The van der Waals surface area contributed by atoms with Crippen molar-refractivity contribution < 1.29 is 33.2 Å². The van der Waals surface area contributed by atoms with Crippen molar-refractivity contribution in [2.24, 2.45) is 0 Å². The van der Waals surface area contributed by atoms with Gasteiger partial charge in [0.25, 0.3) is 11.6 Å². The number of esters is 2. The van der Waals surface area contributed by atoms with Crippen LogP contribution in [0.2, 0.25) is 5.28 Å². The molecule has 280 valence electrons. The Morgan fingerprint density at radius 2 is 1.65 bits per heavy atom. The Balaban J connectivity index is 1.12. The molecule has 0 amide bonds. The SMILES string of the molecule is Cc1ccc(C(=O)OC[C@H]2O[C@@H](n3cnc4c(-n5cc[n+](Cc6ccccc6)c5C(=O)[C@@H]5CCCN5)nc(Cl)nc43)C[C@@H]2OC(=O)c2ccc(C)cc2)cc1. The van der Waals surface area contributed by atoms with E-state index < -0.39 is 30.4 Å². The molecule has 2 saturated heterocycles. The van der Waals surface area contributed by atoms with E-state index in [1.807, 2.05) is 79.2 Å². The van der Waals surface area contributed by atoms with Crippen LogP contribution in [0, 0.1) is 13.8 Å². The van der Waals surface area contributed by atoms with Gasteiger partial charge in [-0.1, -0.05) is 65.7 Å². The maximum absolute atomic E-state index is 14.1. The second-order valence-electron chi connectivity index (χ2n) is 13.9. The monoisotopic (exact) mass is 760 g/mol. The number of hydrogen-bond acceptors (Lipinski definition) is 10. The quantitative estimate of drug-likeness (QED) is 0.0776. The summed E-state index contributed by atoms with van der Waals surface area (Å²) in [4.78, 5) is 54.3. The van der Waals surface area contributed by atoms with Gasteiger partial charge in [0.15, 0.2) is 11.2 Å². The van der Waals surface area contributed by atoms with Crippen LogP contribution in [0.15, 0.2) is 97.6 Å². The summed E-state index contributed by atoms with van der Waals surface area (Å²) in [7, 11) is 0. The number of aromatic nitrogens is 6. The number of fused-ring (bicyclic) bond motifs is 1. The summed E-state index contributed by atoms with van der Waals surface area (Å²) >= 11 is 6.61. The van der Waals surface area contributed by atoms with Crippen molar-refractivity contribution >= 4 is 40.5 Å². The zero-order chi connectivity index (χ0) is 38.1. The molecule has 0 radical (unpaired) electrons. The lowest BCUT2D eigenvalue weighted by Gasteiger charge is -2.19. The molecule has 6 aromatic rings. The van der Waals surface area contributed by atoms with E-state index in [2.05, 4.69) is 15.3 Å². The van der Waals surface area contributed by atoms with Gasteiger partial charge in [0.2, 0.25) is 5.28 Å². The number of Topliss-reactive ketones (excluding diaryl/α,β-unsaturated/α-hetero) is 1. The number of rotatable bonds is 11. The number of carbonyl (C=O) groups is 3. The molecule has 2 fully saturated rings. The number of benzene rings is 3. The molecule has 2 aliphatic rings. The minimum atomic E-state index is -0.812. The molecule has 13 nitrogen and oxygen atoms in total. The van der Waals surface area contributed by atoms with Crippen LogP contribution in [0.3, 0.4) is 0 Å². The van der Waals surface area contributed by atoms with E-state index in [9.17, 15) is 14.4 Å². The van der Waals surface area contributed by atoms with Crippen LogP contribution in [0.1, 0.15) is 73.5 Å². The molecule has 1 N–H and O–H groups in total. The molecule has 0 bridgehead atoms. The van der Waals surface area contributed by atoms with Gasteiger partial charge in [0.05, 0.1) is 23.5 Å². The predicted molar refractivity (Wildman–Crippen MR) is 201 cm³/mol. The lowest BCUT2D eigenvalue weighted by Crippen LogP contribution is -2.45. The molecule has 5 heterocycles. The predicted octanol–water partition coefficient (Wildman–Crippen LogP) is 5.53. The van der Waals surface area contributed by atoms with Crippen LogP contribution in [0.25, 0.3) is 17.0 Å². The van der Waals surface area contributed by atoms with E-state index in [1.54, 1.807) is 45.9 Å². The van der Waals surface area contributed by atoms with Gasteiger partial charge in [-0.2, -0.15) is 14.5 Å². The van der Waals surface area contributed by atoms with Crippen molar-refractivity contribution in [3.63, 3.8) is 0 Å². The lowest BCUT2D eigenvalue weighted by molar-refractivity contribution is -0.689. The van der Waals surface area contributed by atoms with Gasteiger partial charge in [-0.3, -0.25) is 9.36 Å². The molecule has 0 saturated carbocycles. The summed E-state index contributed by atoms with van der Waals surface area (Å²) in [5.74, 6) is -0.378. The van der Waals surface area contributed by atoms with Gasteiger partial charge < -0.3 is 19.5 Å². The summed E-state index contributed by atoms with van der Waals surface area (Å²) in [6.07, 6.45) is 4.68. The fraction of sp³-hybridized carbons (Fsp3) is 0.293. The summed E-state index contributed by atoms with van der Waals surface area (Å²) in [6.45, 7) is 4.92. The molecule has 0 unspecified atom stereocenters. The average molecular weight is 761 g/mol. The fourth-order valence-corrected chi connectivity index (χ4v) is 7.22. The molecule has 14 heteroatoms. The maximum Gasteiger partial charge on any atom is 0.338 e. The van der Waals surface area contributed by atoms with Crippen LogP contribution in [0.4, 0.5) is 0 Å². The Bertz CT molecular complexity index is 2350. The number of imidazole rings is 2. The van der Waals surface area contributed by atoms with Crippen LogP contribution in [-0.4, -0.2) is 73.2 Å². The van der Waals surface area contributed by atoms with Crippen molar-refractivity contribution in [2.75, 3.05) is 13.2 Å². The number of halogens is 1. The second-order valence-corrected chi connectivity index (χ2v) is 14.2. The van der Waals surface area contributed by atoms with E-state index in [1.165, 1.54) is 0 Å². The number of nitrogens with one attached hydrogen (secondary N) is 1. The van der Waals surface area contributed by atoms with Gasteiger partial charge >= 0.3 is 17.8 Å². The van der Waals surface area contributed by atoms with E-state index in [4.69, 9.17) is 30.8 Å². The summed E-state index contributed by atoms with van der Waals surface area (Å²) < 4.78 is 23.5. The Morgan fingerprint density at radius 1 is 0.945 bits per heavy atom. The highest BCUT2D eigenvalue weighted by Gasteiger charge is 2.42. The smallest absolute Gasteiger partial charge is 0.338 e. The summed E-state index contributed by atoms with van der Waals surface area (Å²) in [5.41, 5.74) is 4.56. The van der Waals surface area contributed by atoms with Gasteiger partial charge in [-0.15, -0.1) is 0 Å². The standard InChI is InChI=1S/C41H39ClN7O6/c1-25-10-14-28(15-11-25)39(51)53-23-32-31(55-40(52)29-16-12-26(2)13-17-29)21-33(54-32)49-24-44-34-36(45-41(42)46-37(34)49)48-20-19-47(22-27-7-4-3-5-8-27)38(48)35(50)30-9-6-18-43-30/h3-5,7-8,10-17,19-20,24,30-33,43H,6,9,18,21-23H2,1-2H3/q+1/t30-,31-,32+,33+/m0/s1.